The Morgan fingerprint density at radius 2 is 1.42 bits per heavy atom. The maximum atomic E-state index is 5.90. The van der Waals surface area contributed by atoms with Gasteiger partial charge in [0, 0.05) is 33.6 Å². The second-order valence-corrected chi connectivity index (χ2v) is 13.9. The fourth-order valence-corrected chi connectivity index (χ4v) is 8.66. The highest BCUT2D eigenvalue weighted by atomic mass is 15.1. The number of rotatable bonds is 4. The van der Waals surface area contributed by atoms with E-state index in [0.29, 0.717) is 0 Å². The molecule has 1 aliphatic heterocycles. The van der Waals surface area contributed by atoms with E-state index in [1.165, 1.54) is 82.9 Å². The summed E-state index contributed by atoms with van der Waals surface area (Å²) in [6.07, 6.45) is 17.0. The number of allylic oxidation sites excluding steroid dienone is 6. The molecule has 0 fully saturated rings. The first-order chi connectivity index (χ1) is 25.6. The quantitative estimate of drug-likeness (QED) is 0.203. The van der Waals surface area contributed by atoms with Gasteiger partial charge in [-0.2, -0.15) is 0 Å². The van der Waals surface area contributed by atoms with Crippen LogP contribution in [-0.2, 0) is 0 Å². The van der Waals surface area contributed by atoms with Crippen molar-refractivity contribution in [2.75, 3.05) is 4.90 Å². The van der Waals surface area contributed by atoms with Crippen molar-refractivity contribution < 1.29 is 0 Å². The van der Waals surface area contributed by atoms with Gasteiger partial charge in [-0.15, -0.1) is 0 Å². The van der Waals surface area contributed by atoms with Gasteiger partial charge in [-0.25, -0.2) is 0 Å². The van der Waals surface area contributed by atoms with Crippen LogP contribution < -0.4 is 10.6 Å². The Bertz CT molecular complexity index is 2830. The van der Waals surface area contributed by atoms with Crippen molar-refractivity contribution in [2.45, 2.75) is 19.8 Å². The van der Waals surface area contributed by atoms with E-state index in [1.54, 1.807) is 6.20 Å². The first kappa shape index (κ1) is 30.3. The lowest BCUT2D eigenvalue weighted by Gasteiger charge is -2.29. The van der Waals surface area contributed by atoms with E-state index in [9.17, 15) is 0 Å². The Hall–Kier alpha value is -6.58. The number of fused-ring (bicyclic) bond motifs is 5. The molecule has 2 heterocycles. The van der Waals surface area contributed by atoms with E-state index >= 15 is 0 Å². The summed E-state index contributed by atoms with van der Waals surface area (Å²) in [6, 6.07) is 42.4. The largest absolute Gasteiger partial charge is 0.405 e. The first-order valence-electron chi connectivity index (χ1n) is 18.1. The van der Waals surface area contributed by atoms with Gasteiger partial charge >= 0.3 is 0 Å². The van der Waals surface area contributed by atoms with Crippen LogP contribution in [0.1, 0.15) is 47.6 Å². The predicted octanol–water partition coefficient (Wildman–Crippen LogP) is 12.4. The SMILES string of the molecule is C=C1c2ccccc2/C=C\N(C2=CCCC=C2)c2ccc(-c3ccc4c(c3)c3ccccc3n4-c3ccc4c5c(cccc35)C(C)=C4/C=C\N)cc21. The van der Waals surface area contributed by atoms with E-state index in [4.69, 9.17) is 5.73 Å². The summed E-state index contributed by atoms with van der Waals surface area (Å²) >= 11 is 0. The number of aromatic nitrogens is 1. The molecule has 6 aromatic carbocycles. The smallest absolute Gasteiger partial charge is 0.0541 e. The summed E-state index contributed by atoms with van der Waals surface area (Å²) in [4.78, 5) is 2.32. The van der Waals surface area contributed by atoms with Crippen LogP contribution >= 0.6 is 0 Å². The van der Waals surface area contributed by atoms with Crippen LogP contribution in [0.3, 0.4) is 0 Å². The second-order valence-electron chi connectivity index (χ2n) is 13.9. The molecule has 3 heteroatoms. The van der Waals surface area contributed by atoms with Gasteiger partial charge in [-0.3, -0.25) is 0 Å². The zero-order chi connectivity index (χ0) is 34.9. The van der Waals surface area contributed by atoms with Crippen molar-refractivity contribution in [3.8, 4) is 16.8 Å². The molecule has 0 spiro atoms. The maximum absolute atomic E-state index is 5.90. The molecule has 2 aliphatic carbocycles. The summed E-state index contributed by atoms with van der Waals surface area (Å²) < 4.78 is 2.44. The zero-order valence-electron chi connectivity index (χ0n) is 29.1. The van der Waals surface area contributed by atoms with Crippen molar-refractivity contribution in [2.24, 2.45) is 5.73 Å². The molecule has 0 saturated heterocycles. The van der Waals surface area contributed by atoms with Gasteiger partial charge in [0.15, 0.2) is 0 Å². The Labute approximate surface area is 303 Å². The number of hydrogen-bond donors (Lipinski definition) is 1. The molecular weight excluding hydrogens is 631 g/mol. The van der Waals surface area contributed by atoms with Gasteiger partial charge < -0.3 is 15.2 Å². The third-order valence-corrected chi connectivity index (χ3v) is 11.1. The summed E-state index contributed by atoms with van der Waals surface area (Å²) in [6.45, 7) is 6.88. The first-order valence-corrected chi connectivity index (χ1v) is 18.1. The van der Waals surface area contributed by atoms with Gasteiger partial charge in [0.1, 0.15) is 0 Å². The third-order valence-electron chi connectivity index (χ3n) is 11.1. The lowest BCUT2D eigenvalue weighted by Crippen LogP contribution is -2.18. The van der Waals surface area contributed by atoms with Crippen LogP contribution in [-0.4, -0.2) is 4.57 Å². The Morgan fingerprint density at radius 1 is 0.654 bits per heavy atom. The number of nitrogens with zero attached hydrogens (tertiary/aromatic N) is 2. The molecule has 3 nitrogen and oxygen atoms in total. The molecule has 0 radical (unpaired) electrons. The van der Waals surface area contributed by atoms with E-state index < -0.39 is 0 Å². The van der Waals surface area contributed by atoms with Crippen molar-refractivity contribution in [1.82, 2.24) is 4.57 Å². The molecule has 7 aromatic rings. The molecule has 0 atom stereocenters. The highest BCUT2D eigenvalue weighted by Crippen LogP contribution is 2.46. The molecule has 0 amide bonds. The van der Waals surface area contributed by atoms with Crippen LogP contribution in [0.5, 0.6) is 0 Å². The molecular formula is C49H37N3. The molecule has 0 unspecified atom stereocenters. The van der Waals surface area contributed by atoms with Crippen LogP contribution in [0, 0.1) is 0 Å². The normalized spacial score (nSPS) is 15.8. The van der Waals surface area contributed by atoms with Crippen molar-refractivity contribution >= 4 is 61.1 Å². The molecule has 3 aliphatic rings. The molecule has 1 aromatic heterocycles. The lowest BCUT2D eigenvalue weighted by atomic mass is 9.89. The minimum atomic E-state index is 1.03. The maximum Gasteiger partial charge on any atom is 0.0541 e. The summed E-state index contributed by atoms with van der Waals surface area (Å²) in [5.41, 5.74) is 23.6. The number of para-hydroxylation sites is 1. The van der Waals surface area contributed by atoms with E-state index in [1.807, 2.05) is 6.08 Å². The Balaban J connectivity index is 1.15. The highest BCUT2D eigenvalue weighted by molar-refractivity contribution is 6.18. The Kier molecular flexibility index (Phi) is 6.84. The Morgan fingerprint density at radius 3 is 2.31 bits per heavy atom. The van der Waals surface area contributed by atoms with Crippen LogP contribution in [0.4, 0.5) is 5.69 Å². The monoisotopic (exact) mass is 667 g/mol. The van der Waals surface area contributed by atoms with Crippen molar-refractivity contribution in [1.29, 1.82) is 0 Å². The molecule has 10 rings (SSSR count). The van der Waals surface area contributed by atoms with Crippen LogP contribution in [0.2, 0.25) is 0 Å². The minimum absolute atomic E-state index is 1.03. The van der Waals surface area contributed by atoms with Crippen LogP contribution in [0.25, 0.3) is 72.2 Å². The topological polar surface area (TPSA) is 34.2 Å². The van der Waals surface area contributed by atoms with Crippen molar-refractivity contribution in [3.63, 3.8) is 0 Å². The number of nitrogens with two attached hydrogens (primary N) is 1. The minimum Gasteiger partial charge on any atom is -0.405 e. The summed E-state index contributed by atoms with van der Waals surface area (Å²) in [7, 11) is 0. The fraction of sp³-hybridized carbons (Fsp3) is 0.0612. The van der Waals surface area contributed by atoms with Gasteiger partial charge in [-0.05, 0) is 136 Å². The lowest BCUT2D eigenvalue weighted by molar-refractivity contribution is 0.995. The summed E-state index contributed by atoms with van der Waals surface area (Å²) in [5.74, 6) is 0. The number of anilines is 1. The predicted molar refractivity (Wildman–Crippen MR) is 222 cm³/mol. The van der Waals surface area contributed by atoms with E-state index in [2.05, 4.69) is 169 Å². The van der Waals surface area contributed by atoms with Gasteiger partial charge in [0.25, 0.3) is 0 Å². The standard InChI is InChI=1S/C49H37N3/c1-31-37-14-7-6-11-33(37)26-28-51(36-12-4-3-5-13-36)45-22-19-34(29-43(31)45)35-20-23-48-44(30-35)40-15-8-9-18-46(40)52(48)47-24-21-41-38(25-27-50)32(2)39-16-10-17-42(47)49(39)41/h4,6-30H,1,3,5,50H2,2H3/b27-25-,28-26-. The molecule has 248 valence electrons. The zero-order valence-corrected chi connectivity index (χ0v) is 29.1. The second kappa shape index (κ2) is 11.8. The molecule has 0 saturated carbocycles. The third kappa shape index (κ3) is 4.46. The average Bonchev–Trinajstić information content (AvgIpc) is 3.66. The summed E-state index contributed by atoms with van der Waals surface area (Å²) in [5, 5.41) is 5.00. The van der Waals surface area contributed by atoms with E-state index in [-0.39, 0.29) is 0 Å². The number of hydrogen-bond acceptors (Lipinski definition) is 2. The fourth-order valence-electron chi connectivity index (χ4n) is 8.66. The van der Waals surface area contributed by atoms with Crippen molar-refractivity contribution in [3.05, 3.63) is 192 Å². The average molecular weight is 668 g/mol. The molecule has 52 heavy (non-hydrogen) atoms. The highest BCUT2D eigenvalue weighted by Gasteiger charge is 2.24. The van der Waals surface area contributed by atoms with E-state index in [0.717, 1.165) is 35.2 Å². The van der Waals surface area contributed by atoms with Gasteiger partial charge in [0.05, 0.1) is 22.4 Å². The molecule has 2 N–H and O–H groups in total. The molecule has 0 bridgehead atoms. The van der Waals surface area contributed by atoms with Crippen LogP contribution in [0.15, 0.2) is 164 Å². The number of benzene rings is 6. The van der Waals surface area contributed by atoms with Gasteiger partial charge in [-0.1, -0.05) is 97.6 Å². The van der Waals surface area contributed by atoms with Gasteiger partial charge in [0.2, 0.25) is 0 Å².